The Kier molecular flexibility index (Phi) is 4.66. The van der Waals surface area contributed by atoms with Gasteiger partial charge in [0, 0.05) is 20.2 Å². The molecule has 2 atom stereocenters. The van der Waals surface area contributed by atoms with Gasteiger partial charge in [-0.1, -0.05) is 0 Å². The lowest BCUT2D eigenvalue weighted by Crippen LogP contribution is -2.50. The molecule has 1 N–H and O–H groups in total. The molecule has 4 heteroatoms. The Bertz CT molecular complexity index is 143. The van der Waals surface area contributed by atoms with Crippen LogP contribution in [0.2, 0.25) is 0 Å². The number of nitrogens with zero attached hydrogens (tertiary/aromatic N) is 1. The molecule has 0 aromatic heterocycles. The van der Waals surface area contributed by atoms with Crippen molar-refractivity contribution in [1.29, 1.82) is 0 Å². The highest BCUT2D eigenvalue weighted by atomic mass is 16.5. The Labute approximate surface area is 79.4 Å². The monoisotopic (exact) mass is 189 g/mol. The number of hydrogen-bond donors (Lipinski definition) is 1. The van der Waals surface area contributed by atoms with E-state index in [9.17, 15) is 0 Å². The maximum Gasteiger partial charge on any atom is 0.0670 e. The minimum atomic E-state index is 0.145. The van der Waals surface area contributed by atoms with Gasteiger partial charge in [0.1, 0.15) is 0 Å². The second-order valence-electron chi connectivity index (χ2n) is 3.45. The summed E-state index contributed by atoms with van der Waals surface area (Å²) >= 11 is 0. The summed E-state index contributed by atoms with van der Waals surface area (Å²) in [4.78, 5) is 2.22. The van der Waals surface area contributed by atoms with Crippen LogP contribution < -0.4 is 0 Å². The summed E-state index contributed by atoms with van der Waals surface area (Å²) in [6.45, 7) is 5.34. The standard InChI is InChI=1S/C9H19NO3/c1-8(12-2)5-10-3-4-13-7-9(10)6-11/h8-9,11H,3-7H2,1-2H3. The first-order valence-electron chi connectivity index (χ1n) is 4.73. The molecule has 0 saturated carbocycles. The highest BCUT2D eigenvalue weighted by Gasteiger charge is 2.23. The first-order valence-corrected chi connectivity index (χ1v) is 4.73. The van der Waals surface area contributed by atoms with Gasteiger partial charge >= 0.3 is 0 Å². The van der Waals surface area contributed by atoms with Crippen molar-refractivity contribution in [1.82, 2.24) is 4.90 Å². The second-order valence-corrected chi connectivity index (χ2v) is 3.45. The normalized spacial score (nSPS) is 27.5. The van der Waals surface area contributed by atoms with Crippen molar-refractivity contribution in [3.8, 4) is 0 Å². The van der Waals surface area contributed by atoms with Gasteiger partial charge in [0.2, 0.25) is 0 Å². The van der Waals surface area contributed by atoms with Gasteiger partial charge in [-0.25, -0.2) is 0 Å². The van der Waals surface area contributed by atoms with E-state index in [0.717, 1.165) is 19.7 Å². The van der Waals surface area contributed by atoms with Crippen LogP contribution in [0.5, 0.6) is 0 Å². The first-order chi connectivity index (χ1) is 6.27. The van der Waals surface area contributed by atoms with Gasteiger partial charge < -0.3 is 14.6 Å². The molecular weight excluding hydrogens is 170 g/mol. The smallest absolute Gasteiger partial charge is 0.0670 e. The molecule has 78 valence electrons. The van der Waals surface area contributed by atoms with Gasteiger partial charge in [0.15, 0.2) is 0 Å². The molecule has 1 aliphatic rings. The maximum atomic E-state index is 9.08. The average Bonchev–Trinajstić information content (AvgIpc) is 2.18. The van der Waals surface area contributed by atoms with Gasteiger partial charge in [-0.15, -0.1) is 0 Å². The molecule has 0 radical (unpaired) electrons. The number of morpholine rings is 1. The Morgan fingerprint density at radius 2 is 2.46 bits per heavy atom. The summed E-state index contributed by atoms with van der Waals surface area (Å²) in [5.74, 6) is 0. The van der Waals surface area contributed by atoms with E-state index in [-0.39, 0.29) is 18.8 Å². The number of aliphatic hydroxyl groups is 1. The Hall–Kier alpha value is -0.160. The molecule has 1 rings (SSSR count). The first kappa shape index (κ1) is 10.9. The molecule has 0 aromatic carbocycles. The number of methoxy groups -OCH3 is 1. The van der Waals surface area contributed by atoms with Gasteiger partial charge in [-0.3, -0.25) is 4.90 Å². The molecule has 2 unspecified atom stereocenters. The predicted octanol–water partition coefficient (Wildman–Crippen LogP) is -0.286. The lowest BCUT2D eigenvalue weighted by atomic mass is 10.2. The molecule has 13 heavy (non-hydrogen) atoms. The molecule has 0 aromatic rings. The summed E-state index contributed by atoms with van der Waals surface area (Å²) < 4.78 is 10.5. The summed E-state index contributed by atoms with van der Waals surface area (Å²) in [6.07, 6.45) is 0.215. The molecule has 0 amide bonds. The lowest BCUT2D eigenvalue weighted by molar-refractivity contribution is -0.0463. The van der Waals surface area contributed by atoms with Crippen molar-refractivity contribution in [2.75, 3.05) is 40.0 Å². The highest BCUT2D eigenvalue weighted by Crippen LogP contribution is 2.07. The second kappa shape index (κ2) is 5.54. The van der Waals surface area contributed by atoms with Crippen molar-refractivity contribution in [3.05, 3.63) is 0 Å². The molecule has 1 heterocycles. The van der Waals surface area contributed by atoms with Crippen LogP contribution in [0.1, 0.15) is 6.92 Å². The molecule has 0 spiro atoms. The van der Waals surface area contributed by atoms with Crippen LogP contribution in [0, 0.1) is 0 Å². The fourth-order valence-electron chi connectivity index (χ4n) is 1.50. The zero-order valence-corrected chi connectivity index (χ0v) is 8.40. The molecule has 1 aliphatic heterocycles. The summed E-state index contributed by atoms with van der Waals surface area (Å²) in [7, 11) is 1.71. The highest BCUT2D eigenvalue weighted by molar-refractivity contribution is 4.75. The fraction of sp³-hybridized carbons (Fsp3) is 1.00. The average molecular weight is 189 g/mol. The summed E-state index contributed by atoms with van der Waals surface area (Å²) in [6, 6.07) is 0.145. The summed E-state index contributed by atoms with van der Waals surface area (Å²) in [5, 5.41) is 9.08. The Morgan fingerprint density at radius 1 is 1.69 bits per heavy atom. The third-order valence-electron chi connectivity index (χ3n) is 2.45. The SMILES string of the molecule is COC(C)CN1CCOCC1CO. The topological polar surface area (TPSA) is 41.9 Å². The lowest BCUT2D eigenvalue weighted by Gasteiger charge is -2.35. The van der Waals surface area contributed by atoms with Crippen LogP contribution in [-0.2, 0) is 9.47 Å². The van der Waals surface area contributed by atoms with Crippen molar-refractivity contribution < 1.29 is 14.6 Å². The van der Waals surface area contributed by atoms with E-state index in [2.05, 4.69) is 4.90 Å². The molecule has 0 bridgehead atoms. The van der Waals surface area contributed by atoms with Crippen LogP contribution in [0.3, 0.4) is 0 Å². The van der Waals surface area contributed by atoms with Crippen LogP contribution in [-0.4, -0.2) is 62.2 Å². The van der Waals surface area contributed by atoms with E-state index in [1.165, 1.54) is 0 Å². The third kappa shape index (κ3) is 3.23. The summed E-state index contributed by atoms with van der Waals surface area (Å²) in [5.41, 5.74) is 0. The largest absolute Gasteiger partial charge is 0.395 e. The van der Waals surface area contributed by atoms with Crippen LogP contribution in [0.4, 0.5) is 0 Å². The van der Waals surface area contributed by atoms with Crippen LogP contribution >= 0.6 is 0 Å². The molecule has 4 nitrogen and oxygen atoms in total. The number of ether oxygens (including phenoxy) is 2. The predicted molar refractivity (Wildman–Crippen MR) is 49.7 cm³/mol. The van der Waals surface area contributed by atoms with E-state index in [1.54, 1.807) is 7.11 Å². The van der Waals surface area contributed by atoms with Gasteiger partial charge in [0.25, 0.3) is 0 Å². The fourth-order valence-corrected chi connectivity index (χ4v) is 1.50. The third-order valence-corrected chi connectivity index (χ3v) is 2.45. The van der Waals surface area contributed by atoms with E-state index in [4.69, 9.17) is 14.6 Å². The molecule has 1 saturated heterocycles. The zero-order valence-electron chi connectivity index (χ0n) is 8.40. The minimum Gasteiger partial charge on any atom is -0.395 e. The van der Waals surface area contributed by atoms with Gasteiger partial charge in [0.05, 0.1) is 32.0 Å². The molecule has 0 aliphatic carbocycles. The number of hydrogen-bond acceptors (Lipinski definition) is 4. The number of rotatable bonds is 4. The minimum absolute atomic E-state index is 0.145. The van der Waals surface area contributed by atoms with Crippen molar-refractivity contribution in [2.45, 2.75) is 19.1 Å². The Balaban J connectivity index is 2.35. The van der Waals surface area contributed by atoms with Crippen molar-refractivity contribution >= 4 is 0 Å². The molecular formula is C9H19NO3. The quantitative estimate of drug-likeness (QED) is 0.660. The van der Waals surface area contributed by atoms with E-state index < -0.39 is 0 Å². The van der Waals surface area contributed by atoms with E-state index in [0.29, 0.717) is 6.61 Å². The zero-order chi connectivity index (χ0) is 9.68. The number of aliphatic hydroxyl groups excluding tert-OH is 1. The van der Waals surface area contributed by atoms with Gasteiger partial charge in [-0.05, 0) is 6.92 Å². The molecule has 1 fully saturated rings. The van der Waals surface area contributed by atoms with Crippen LogP contribution in [0.15, 0.2) is 0 Å². The maximum absolute atomic E-state index is 9.08. The van der Waals surface area contributed by atoms with E-state index in [1.807, 2.05) is 6.92 Å². The van der Waals surface area contributed by atoms with E-state index >= 15 is 0 Å². The van der Waals surface area contributed by atoms with Crippen LogP contribution in [0.25, 0.3) is 0 Å². The van der Waals surface area contributed by atoms with Crippen molar-refractivity contribution in [3.63, 3.8) is 0 Å². The Morgan fingerprint density at radius 3 is 3.08 bits per heavy atom. The van der Waals surface area contributed by atoms with Crippen molar-refractivity contribution in [2.24, 2.45) is 0 Å². The van der Waals surface area contributed by atoms with Gasteiger partial charge in [-0.2, -0.15) is 0 Å².